The Labute approximate surface area is 231 Å². The fraction of sp³-hybridized carbons (Fsp3) is 0.379. The maximum Gasteiger partial charge on any atom is 0.417 e. The largest absolute Gasteiger partial charge is 0.494 e. The van der Waals surface area contributed by atoms with Crippen LogP contribution in [0.1, 0.15) is 48.7 Å². The van der Waals surface area contributed by atoms with Crippen LogP contribution in [0.15, 0.2) is 60.8 Å². The van der Waals surface area contributed by atoms with Crippen LogP contribution in [0.5, 0.6) is 5.75 Å². The molecule has 1 aliphatic heterocycles. The minimum absolute atomic E-state index is 0.162. The Morgan fingerprint density at radius 1 is 1.13 bits per heavy atom. The average Bonchev–Trinajstić information content (AvgIpc) is 2.91. The fourth-order valence-electron chi connectivity index (χ4n) is 4.80. The highest BCUT2D eigenvalue weighted by atomic mass is 35.5. The zero-order chi connectivity index (χ0) is 28.2. The zero-order valence-electron chi connectivity index (χ0n) is 21.7. The average molecular weight is 559 g/mol. The van der Waals surface area contributed by atoms with Crippen LogP contribution in [-0.4, -0.2) is 47.8 Å². The van der Waals surface area contributed by atoms with Gasteiger partial charge in [-0.3, -0.25) is 9.88 Å². The number of alkyl halides is 3. The molecule has 2 aromatic carbocycles. The SMILES string of the molecule is CCCOc1ccc(N2CCN(C[C@@](C)(O)c3ccc(C(F)(F)F)cn3)C[C@H]2c2ccc(Cl)cc2)c(C#N)c1. The molecule has 0 amide bonds. The summed E-state index contributed by atoms with van der Waals surface area (Å²) < 4.78 is 44.6. The van der Waals surface area contributed by atoms with E-state index in [0.717, 1.165) is 29.9 Å². The van der Waals surface area contributed by atoms with E-state index < -0.39 is 17.3 Å². The zero-order valence-corrected chi connectivity index (χ0v) is 22.5. The summed E-state index contributed by atoms with van der Waals surface area (Å²) in [6.07, 6.45) is -2.90. The second-order valence-corrected chi connectivity index (χ2v) is 10.3. The summed E-state index contributed by atoms with van der Waals surface area (Å²) in [5, 5.41) is 21.7. The van der Waals surface area contributed by atoms with Gasteiger partial charge in [-0.15, -0.1) is 0 Å². The van der Waals surface area contributed by atoms with Crippen molar-refractivity contribution in [2.45, 2.75) is 38.1 Å². The highest BCUT2D eigenvalue weighted by Gasteiger charge is 2.36. The molecule has 4 rings (SSSR count). The molecule has 1 aromatic heterocycles. The Kier molecular flexibility index (Phi) is 8.70. The van der Waals surface area contributed by atoms with Crippen LogP contribution in [0.3, 0.4) is 0 Å². The van der Waals surface area contributed by atoms with E-state index in [-0.39, 0.29) is 18.3 Å². The fourth-order valence-corrected chi connectivity index (χ4v) is 4.93. The smallest absolute Gasteiger partial charge is 0.417 e. The molecule has 10 heteroatoms. The first-order valence-corrected chi connectivity index (χ1v) is 13.1. The maximum absolute atomic E-state index is 13.0. The Balaban J connectivity index is 1.60. The first kappa shape index (κ1) is 28.7. The van der Waals surface area contributed by atoms with Crippen molar-refractivity contribution in [1.29, 1.82) is 5.26 Å². The molecule has 0 unspecified atom stereocenters. The van der Waals surface area contributed by atoms with Crippen LogP contribution >= 0.6 is 11.6 Å². The van der Waals surface area contributed by atoms with E-state index in [1.54, 1.807) is 13.0 Å². The van der Waals surface area contributed by atoms with E-state index in [9.17, 15) is 23.5 Å². The Bertz CT molecular complexity index is 1310. The number of hydrogen-bond acceptors (Lipinski definition) is 6. The standard InChI is InChI=1S/C29H30ClF3N4O2/c1-3-14-39-24-9-10-25(21(15-24)16-34)37-13-12-36(18-26(37)20-4-7-23(30)8-5-20)19-28(2,38)27-11-6-22(17-35-27)29(31,32)33/h4-11,15,17,26,38H,3,12-14,18-19H2,1-2H3/t26-,28+/m0/s1. The second-order valence-electron chi connectivity index (χ2n) is 9.84. The van der Waals surface area contributed by atoms with Crippen molar-refractivity contribution in [2.24, 2.45) is 0 Å². The van der Waals surface area contributed by atoms with Gasteiger partial charge < -0.3 is 14.7 Å². The number of anilines is 1. The number of β-amino-alcohol motifs (C(OH)–C–C–N with tert-alkyl or cyclic N) is 1. The first-order valence-electron chi connectivity index (χ1n) is 12.7. The van der Waals surface area contributed by atoms with Crippen molar-refractivity contribution in [2.75, 3.05) is 37.7 Å². The molecule has 206 valence electrons. The van der Waals surface area contributed by atoms with E-state index in [2.05, 4.69) is 20.9 Å². The molecule has 6 nitrogen and oxygen atoms in total. The molecule has 2 atom stereocenters. The third kappa shape index (κ3) is 6.82. The highest BCUT2D eigenvalue weighted by Crippen LogP contribution is 2.36. The quantitative estimate of drug-likeness (QED) is 0.356. The van der Waals surface area contributed by atoms with E-state index in [1.165, 1.54) is 6.07 Å². The Hall–Kier alpha value is -3.32. The number of halogens is 4. The Morgan fingerprint density at radius 2 is 1.87 bits per heavy atom. The molecule has 1 N–H and O–H groups in total. The van der Waals surface area contributed by atoms with Gasteiger partial charge in [0.05, 0.1) is 35.2 Å². The van der Waals surface area contributed by atoms with Crippen LogP contribution in [0.2, 0.25) is 5.02 Å². The monoisotopic (exact) mass is 558 g/mol. The van der Waals surface area contributed by atoms with E-state index in [1.807, 2.05) is 43.3 Å². The topological polar surface area (TPSA) is 72.6 Å². The lowest BCUT2D eigenvalue weighted by Crippen LogP contribution is -2.52. The number of aromatic nitrogens is 1. The first-order chi connectivity index (χ1) is 18.5. The van der Waals surface area contributed by atoms with E-state index in [4.69, 9.17) is 16.3 Å². The molecule has 0 bridgehead atoms. The molecule has 1 fully saturated rings. The van der Waals surface area contributed by atoms with Crippen molar-refractivity contribution in [3.8, 4) is 11.8 Å². The van der Waals surface area contributed by atoms with Crippen molar-refractivity contribution < 1.29 is 23.0 Å². The number of ether oxygens (including phenoxy) is 1. The number of nitrogens with zero attached hydrogens (tertiary/aromatic N) is 4. The molecule has 39 heavy (non-hydrogen) atoms. The van der Waals surface area contributed by atoms with Gasteiger partial charge in [-0.2, -0.15) is 18.4 Å². The summed E-state index contributed by atoms with van der Waals surface area (Å²) in [5.74, 6) is 0.638. The molecule has 0 saturated carbocycles. The van der Waals surface area contributed by atoms with Gasteiger partial charge in [-0.25, -0.2) is 0 Å². The molecule has 2 heterocycles. The number of rotatable bonds is 8. The third-order valence-corrected chi connectivity index (χ3v) is 7.02. The van der Waals surface area contributed by atoms with E-state index >= 15 is 0 Å². The van der Waals surface area contributed by atoms with Gasteiger partial charge in [0.2, 0.25) is 0 Å². The summed E-state index contributed by atoms with van der Waals surface area (Å²) in [6, 6.07) is 17.3. The highest BCUT2D eigenvalue weighted by molar-refractivity contribution is 6.30. The molecule has 1 aliphatic rings. The molecular formula is C29H30ClF3N4O2. The lowest BCUT2D eigenvalue weighted by Gasteiger charge is -2.45. The van der Waals surface area contributed by atoms with Crippen LogP contribution in [0.4, 0.5) is 18.9 Å². The van der Waals surface area contributed by atoms with Crippen molar-refractivity contribution in [1.82, 2.24) is 9.88 Å². The predicted octanol–water partition coefficient (Wildman–Crippen LogP) is 6.19. The van der Waals surface area contributed by atoms with Crippen LogP contribution < -0.4 is 9.64 Å². The molecular weight excluding hydrogens is 529 g/mol. The lowest BCUT2D eigenvalue weighted by molar-refractivity contribution is -0.137. The molecule has 0 radical (unpaired) electrons. The summed E-state index contributed by atoms with van der Waals surface area (Å²) in [6.45, 7) is 5.89. The number of nitriles is 1. The molecule has 0 aliphatic carbocycles. The lowest BCUT2D eigenvalue weighted by atomic mass is 9.96. The van der Waals surface area contributed by atoms with Gasteiger partial charge in [0.25, 0.3) is 0 Å². The second kappa shape index (κ2) is 11.8. The van der Waals surface area contributed by atoms with Gasteiger partial charge in [-0.1, -0.05) is 30.7 Å². The van der Waals surface area contributed by atoms with Gasteiger partial charge in [0.15, 0.2) is 0 Å². The molecule has 0 spiro atoms. The van der Waals surface area contributed by atoms with Crippen molar-refractivity contribution >= 4 is 17.3 Å². The Morgan fingerprint density at radius 3 is 2.49 bits per heavy atom. The van der Waals surface area contributed by atoms with Gasteiger partial charge in [0, 0.05) is 37.4 Å². The number of piperazine rings is 1. The summed E-state index contributed by atoms with van der Waals surface area (Å²) in [5.41, 5.74) is 0.0707. The van der Waals surface area contributed by atoms with Crippen LogP contribution in [0.25, 0.3) is 0 Å². The predicted molar refractivity (Wildman–Crippen MR) is 144 cm³/mol. The number of hydrogen-bond donors (Lipinski definition) is 1. The van der Waals surface area contributed by atoms with Crippen molar-refractivity contribution in [3.05, 3.63) is 88.2 Å². The maximum atomic E-state index is 13.0. The summed E-state index contributed by atoms with van der Waals surface area (Å²) in [7, 11) is 0. The minimum Gasteiger partial charge on any atom is -0.494 e. The minimum atomic E-state index is -4.50. The number of pyridine rings is 1. The third-order valence-electron chi connectivity index (χ3n) is 6.76. The van der Waals surface area contributed by atoms with Gasteiger partial charge in [-0.05, 0) is 61.4 Å². The van der Waals surface area contributed by atoms with E-state index in [0.29, 0.717) is 42.6 Å². The normalized spacial score (nSPS) is 17.9. The van der Waals surface area contributed by atoms with Crippen molar-refractivity contribution in [3.63, 3.8) is 0 Å². The number of benzene rings is 2. The van der Waals surface area contributed by atoms with Crippen LogP contribution in [-0.2, 0) is 11.8 Å². The van der Waals surface area contributed by atoms with Crippen LogP contribution in [0, 0.1) is 11.3 Å². The molecule has 1 saturated heterocycles. The summed E-state index contributed by atoms with van der Waals surface area (Å²) >= 11 is 6.14. The number of aliphatic hydroxyl groups is 1. The van der Waals surface area contributed by atoms with Gasteiger partial charge >= 0.3 is 6.18 Å². The van der Waals surface area contributed by atoms with Gasteiger partial charge in [0.1, 0.15) is 17.4 Å². The molecule has 3 aromatic rings. The summed E-state index contributed by atoms with van der Waals surface area (Å²) in [4.78, 5) is 8.13.